The number of aliphatic hydroxyl groups excluding tert-OH is 1. The molecule has 1 aliphatic rings. The number of hydrogen-bond acceptors (Lipinski definition) is 3. The predicted octanol–water partition coefficient (Wildman–Crippen LogP) is 2.30. The number of hydrogen-bond donors (Lipinski definition) is 3. The number of aliphatic hydroxyl groups is 1. The molecule has 0 saturated heterocycles. The van der Waals surface area contributed by atoms with Crippen molar-refractivity contribution in [1.29, 1.82) is 5.26 Å². The van der Waals surface area contributed by atoms with Gasteiger partial charge in [-0.2, -0.15) is 5.26 Å². The van der Waals surface area contributed by atoms with Crippen LogP contribution in [0.5, 0.6) is 0 Å². The maximum absolute atomic E-state index is 12.0. The molecular formula is C17H23N3O2. The highest BCUT2D eigenvalue weighted by Crippen LogP contribution is 2.23. The van der Waals surface area contributed by atoms with Crippen LogP contribution in [0.15, 0.2) is 24.3 Å². The van der Waals surface area contributed by atoms with Crippen molar-refractivity contribution in [2.24, 2.45) is 5.92 Å². The summed E-state index contributed by atoms with van der Waals surface area (Å²) in [4.78, 5) is 12.0. The molecule has 0 spiro atoms. The van der Waals surface area contributed by atoms with Gasteiger partial charge in [-0.1, -0.05) is 31.4 Å². The molecule has 1 aromatic rings. The lowest BCUT2D eigenvalue weighted by Crippen LogP contribution is -2.45. The lowest BCUT2D eigenvalue weighted by molar-refractivity contribution is 0.179. The zero-order chi connectivity index (χ0) is 15.8. The maximum Gasteiger partial charge on any atom is 0.315 e. The van der Waals surface area contributed by atoms with Crippen LogP contribution in [-0.2, 0) is 6.54 Å². The molecule has 5 nitrogen and oxygen atoms in total. The second-order valence-corrected chi connectivity index (χ2v) is 5.83. The number of carbonyl (C=O) groups excluding carboxylic acids is 1. The summed E-state index contributed by atoms with van der Waals surface area (Å²) < 4.78 is 0. The number of nitrogens with one attached hydrogen (secondary N) is 2. The van der Waals surface area contributed by atoms with Crippen molar-refractivity contribution in [3.63, 3.8) is 0 Å². The summed E-state index contributed by atoms with van der Waals surface area (Å²) in [7, 11) is 0. The normalized spacial score (nSPS) is 21.5. The number of benzene rings is 1. The fourth-order valence-corrected chi connectivity index (χ4v) is 2.95. The monoisotopic (exact) mass is 301 g/mol. The van der Waals surface area contributed by atoms with Crippen LogP contribution < -0.4 is 10.6 Å². The van der Waals surface area contributed by atoms with E-state index in [4.69, 9.17) is 5.26 Å². The molecule has 2 atom stereocenters. The van der Waals surface area contributed by atoms with Gasteiger partial charge >= 0.3 is 6.03 Å². The molecule has 3 N–H and O–H groups in total. The summed E-state index contributed by atoms with van der Waals surface area (Å²) in [5, 5.41) is 24.1. The number of nitriles is 1. The molecule has 5 heteroatoms. The third-order valence-electron chi connectivity index (χ3n) is 4.22. The Morgan fingerprint density at radius 2 is 2.14 bits per heavy atom. The molecule has 118 valence electrons. The topological polar surface area (TPSA) is 85.2 Å². The maximum atomic E-state index is 12.0. The predicted molar refractivity (Wildman–Crippen MR) is 84.0 cm³/mol. The van der Waals surface area contributed by atoms with Gasteiger partial charge in [0, 0.05) is 25.1 Å². The summed E-state index contributed by atoms with van der Waals surface area (Å²) >= 11 is 0. The minimum atomic E-state index is -0.215. The van der Waals surface area contributed by atoms with Crippen molar-refractivity contribution in [1.82, 2.24) is 10.6 Å². The molecule has 0 aliphatic heterocycles. The second-order valence-electron chi connectivity index (χ2n) is 5.83. The van der Waals surface area contributed by atoms with E-state index in [0.29, 0.717) is 12.1 Å². The highest BCUT2D eigenvalue weighted by Gasteiger charge is 2.24. The fraction of sp³-hybridized carbons (Fsp3) is 0.529. The summed E-state index contributed by atoms with van der Waals surface area (Å²) in [6.07, 6.45) is 5.25. The van der Waals surface area contributed by atoms with E-state index in [-0.39, 0.29) is 24.6 Å². The molecule has 1 aromatic carbocycles. The van der Waals surface area contributed by atoms with Crippen molar-refractivity contribution in [2.45, 2.75) is 44.7 Å². The van der Waals surface area contributed by atoms with Crippen LogP contribution in [0.4, 0.5) is 4.79 Å². The van der Waals surface area contributed by atoms with Gasteiger partial charge in [-0.15, -0.1) is 0 Å². The van der Waals surface area contributed by atoms with E-state index in [0.717, 1.165) is 37.7 Å². The highest BCUT2D eigenvalue weighted by atomic mass is 16.3. The van der Waals surface area contributed by atoms with Crippen LogP contribution in [0.2, 0.25) is 0 Å². The van der Waals surface area contributed by atoms with Gasteiger partial charge in [-0.25, -0.2) is 4.79 Å². The Kier molecular flexibility index (Phi) is 6.23. The average molecular weight is 301 g/mol. The Bertz CT molecular complexity index is 539. The summed E-state index contributed by atoms with van der Waals surface area (Å²) in [6, 6.07) is 9.10. The standard InChI is InChI=1S/C17H23N3O2/c18-10-13-5-4-6-14(9-13)11-19-17(22)20-16-8-3-1-2-7-15(16)12-21/h4-6,9,15-16,21H,1-3,7-8,11-12H2,(H2,19,20,22). The fourth-order valence-electron chi connectivity index (χ4n) is 2.95. The van der Waals surface area contributed by atoms with Crippen LogP contribution in [0.25, 0.3) is 0 Å². The smallest absolute Gasteiger partial charge is 0.315 e. The van der Waals surface area contributed by atoms with Gasteiger partial charge in [0.05, 0.1) is 11.6 Å². The van der Waals surface area contributed by atoms with Crippen molar-refractivity contribution in [3.8, 4) is 6.07 Å². The Hall–Kier alpha value is -2.06. The molecule has 1 aliphatic carbocycles. The van der Waals surface area contributed by atoms with E-state index in [1.165, 1.54) is 0 Å². The highest BCUT2D eigenvalue weighted by molar-refractivity contribution is 5.74. The Labute approximate surface area is 131 Å². The van der Waals surface area contributed by atoms with Crippen molar-refractivity contribution < 1.29 is 9.90 Å². The van der Waals surface area contributed by atoms with Gasteiger partial charge in [0.1, 0.15) is 0 Å². The molecule has 1 saturated carbocycles. The van der Waals surface area contributed by atoms with Crippen molar-refractivity contribution in [3.05, 3.63) is 35.4 Å². The number of urea groups is 1. The van der Waals surface area contributed by atoms with E-state index in [1.54, 1.807) is 18.2 Å². The van der Waals surface area contributed by atoms with Gasteiger partial charge in [0.2, 0.25) is 0 Å². The van der Waals surface area contributed by atoms with E-state index in [9.17, 15) is 9.90 Å². The zero-order valence-corrected chi connectivity index (χ0v) is 12.7. The van der Waals surface area contributed by atoms with Gasteiger partial charge in [-0.05, 0) is 30.5 Å². The molecule has 2 unspecified atom stereocenters. The van der Waals surface area contributed by atoms with Gasteiger partial charge in [0.25, 0.3) is 0 Å². The van der Waals surface area contributed by atoms with Crippen molar-refractivity contribution in [2.75, 3.05) is 6.61 Å². The lowest BCUT2D eigenvalue weighted by atomic mass is 9.96. The van der Waals surface area contributed by atoms with Crippen LogP contribution in [0.3, 0.4) is 0 Å². The largest absolute Gasteiger partial charge is 0.396 e. The molecule has 0 radical (unpaired) electrons. The van der Waals surface area contributed by atoms with Crippen LogP contribution in [0.1, 0.15) is 43.2 Å². The van der Waals surface area contributed by atoms with Crippen LogP contribution in [0, 0.1) is 17.2 Å². The molecule has 2 amide bonds. The van der Waals surface area contributed by atoms with Gasteiger partial charge in [0.15, 0.2) is 0 Å². The first-order valence-electron chi connectivity index (χ1n) is 7.87. The van der Waals surface area contributed by atoms with E-state index in [1.807, 2.05) is 6.07 Å². The molecule has 0 bridgehead atoms. The third kappa shape index (κ3) is 4.74. The Morgan fingerprint density at radius 1 is 1.32 bits per heavy atom. The Morgan fingerprint density at radius 3 is 2.91 bits per heavy atom. The minimum absolute atomic E-state index is 0.0398. The van der Waals surface area contributed by atoms with Crippen molar-refractivity contribution >= 4 is 6.03 Å². The van der Waals surface area contributed by atoms with E-state index < -0.39 is 0 Å². The molecule has 2 rings (SSSR count). The third-order valence-corrected chi connectivity index (χ3v) is 4.22. The summed E-state index contributed by atoms with van der Waals surface area (Å²) in [6.45, 7) is 0.507. The Balaban J connectivity index is 1.85. The number of rotatable bonds is 4. The van der Waals surface area contributed by atoms with E-state index in [2.05, 4.69) is 16.7 Å². The first kappa shape index (κ1) is 16.3. The van der Waals surface area contributed by atoms with Crippen LogP contribution >= 0.6 is 0 Å². The van der Waals surface area contributed by atoms with Gasteiger partial charge < -0.3 is 15.7 Å². The molecular weight excluding hydrogens is 278 g/mol. The van der Waals surface area contributed by atoms with E-state index >= 15 is 0 Å². The first-order valence-corrected chi connectivity index (χ1v) is 7.87. The quantitative estimate of drug-likeness (QED) is 0.746. The van der Waals surface area contributed by atoms with Crippen LogP contribution in [-0.4, -0.2) is 23.8 Å². The lowest BCUT2D eigenvalue weighted by Gasteiger charge is -2.24. The minimum Gasteiger partial charge on any atom is -0.396 e. The first-order chi connectivity index (χ1) is 10.7. The molecule has 22 heavy (non-hydrogen) atoms. The molecule has 0 aromatic heterocycles. The molecule has 0 heterocycles. The SMILES string of the molecule is N#Cc1cccc(CNC(=O)NC2CCCCCC2CO)c1. The van der Waals surface area contributed by atoms with Gasteiger partial charge in [-0.3, -0.25) is 0 Å². The summed E-state index contributed by atoms with van der Waals surface area (Å²) in [5.74, 6) is 0.148. The zero-order valence-electron chi connectivity index (χ0n) is 12.7. The number of carbonyl (C=O) groups is 1. The second kappa shape index (κ2) is 8.40. The average Bonchev–Trinajstić information content (AvgIpc) is 2.78. The number of amides is 2. The summed E-state index contributed by atoms with van der Waals surface area (Å²) in [5.41, 5.74) is 1.48. The molecule has 1 fully saturated rings. The number of nitrogens with zero attached hydrogens (tertiary/aromatic N) is 1.